The normalized spacial score (nSPS) is 16.4. The van der Waals surface area contributed by atoms with Crippen LogP contribution in [0.1, 0.15) is 5.56 Å². The van der Waals surface area contributed by atoms with Crippen molar-refractivity contribution in [1.82, 2.24) is 0 Å². The minimum atomic E-state index is 0.0367. The molecule has 0 amide bonds. The van der Waals surface area contributed by atoms with Crippen molar-refractivity contribution >= 4 is 5.69 Å². The second kappa shape index (κ2) is 5.33. The van der Waals surface area contributed by atoms with Crippen LogP contribution in [0.4, 0.5) is 5.69 Å². The maximum Gasteiger partial charge on any atom is 0.162 e. The number of benzene rings is 2. The minimum Gasteiger partial charge on any atom is -0.493 e. The van der Waals surface area contributed by atoms with Crippen molar-refractivity contribution in [1.29, 1.82) is 0 Å². The van der Waals surface area contributed by atoms with E-state index in [2.05, 4.69) is 6.07 Å². The quantitative estimate of drug-likeness (QED) is 0.869. The molecular weight excluding hydrogens is 254 g/mol. The van der Waals surface area contributed by atoms with E-state index < -0.39 is 0 Å². The van der Waals surface area contributed by atoms with Gasteiger partial charge in [0.2, 0.25) is 0 Å². The van der Waals surface area contributed by atoms with Crippen molar-refractivity contribution in [3.63, 3.8) is 0 Å². The number of hydrogen-bond donors (Lipinski definition) is 1. The Morgan fingerprint density at radius 3 is 2.85 bits per heavy atom. The molecule has 0 aliphatic carbocycles. The van der Waals surface area contributed by atoms with Crippen LogP contribution in [-0.2, 0) is 6.42 Å². The van der Waals surface area contributed by atoms with Crippen LogP contribution in [0.15, 0.2) is 42.5 Å². The Balaban J connectivity index is 1.64. The van der Waals surface area contributed by atoms with Gasteiger partial charge in [0.15, 0.2) is 11.5 Å². The van der Waals surface area contributed by atoms with Crippen molar-refractivity contribution in [2.45, 2.75) is 12.5 Å². The van der Waals surface area contributed by atoms with Gasteiger partial charge in [-0.05, 0) is 23.8 Å². The van der Waals surface area contributed by atoms with Gasteiger partial charge in [-0.3, -0.25) is 0 Å². The fourth-order valence-corrected chi connectivity index (χ4v) is 2.33. The van der Waals surface area contributed by atoms with Crippen molar-refractivity contribution in [3.8, 4) is 17.2 Å². The third-order valence-corrected chi connectivity index (χ3v) is 3.33. The number of fused-ring (bicyclic) bond motifs is 1. The topological polar surface area (TPSA) is 53.7 Å². The molecule has 0 saturated carbocycles. The molecule has 3 rings (SSSR count). The highest BCUT2D eigenvalue weighted by molar-refractivity contribution is 5.52. The molecule has 1 atom stereocenters. The molecule has 1 unspecified atom stereocenters. The number of rotatable bonds is 4. The Hall–Kier alpha value is -2.36. The zero-order chi connectivity index (χ0) is 13.9. The van der Waals surface area contributed by atoms with Gasteiger partial charge in [0, 0.05) is 18.2 Å². The van der Waals surface area contributed by atoms with Crippen molar-refractivity contribution in [3.05, 3.63) is 48.0 Å². The molecule has 0 radical (unpaired) electrons. The van der Waals surface area contributed by atoms with E-state index in [1.807, 2.05) is 24.3 Å². The van der Waals surface area contributed by atoms with Gasteiger partial charge in [-0.1, -0.05) is 18.2 Å². The van der Waals surface area contributed by atoms with Crippen LogP contribution in [0.2, 0.25) is 0 Å². The number of methoxy groups -OCH3 is 1. The lowest BCUT2D eigenvalue weighted by atomic mass is 10.1. The largest absolute Gasteiger partial charge is 0.493 e. The molecule has 4 nitrogen and oxygen atoms in total. The number of ether oxygens (including phenoxy) is 3. The Labute approximate surface area is 118 Å². The maximum atomic E-state index is 5.84. The molecule has 2 N–H and O–H groups in total. The third-order valence-electron chi connectivity index (χ3n) is 3.33. The van der Waals surface area contributed by atoms with Gasteiger partial charge >= 0.3 is 0 Å². The second-order valence-corrected chi connectivity index (χ2v) is 4.77. The molecule has 0 aromatic heterocycles. The molecule has 2 aromatic rings. The zero-order valence-electron chi connectivity index (χ0n) is 11.3. The Morgan fingerprint density at radius 1 is 1.20 bits per heavy atom. The average Bonchev–Trinajstić information content (AvgIpc) is 2.88. The maximum absolute atomic E-state index is 5.84. The van der Waals surface area contributed by atoms with Crippen molar-refractivity contribution in [2.24, 2.45) is 0 Å². The van der Waals surface area contributed by atoms with Crippen molar-refractivity contribution < 1.29 is 14.2 Å². The number of nitrogens with two attached hydrogens (primary N) is 1. The fraction of sp³-hybridized carbons (Fsp3) is 0.250. The fourth-order valence-electron chi connectivity index (χ4n) is 2.33. The first-order chi connectivity index (χ1) is 9.76. The molecule has 2 aromatic carbocycles. The van der Waals surface area contributed by atoms with Gasteiger partial charge in [0.05, 0.1) is 7.11 Å². The third kappa shape index (κ3) is 2.50. The SMILES string of the molecule is COc1cc(N)ccc1OCC1Cc2ccccc2O1. The molecule has 1 aliphatic heterocycles. The molecule has 1 aliphatic rings. The Bertz CT molecular complexity index is 587. The van der Waals surface area contributed by atoms with Crippen LogP contribution in [0.25, 0.3) is 0 Å². The van der Waals surface area contributed by atoms with E-state index in [9.17, 15) is 0 Å². The summed E-state index contributed by atoms with van der Waals surface area (Å²) in [6.07, 6.45) is 0.905. The van der Waals surface area contributed by atoms with Crippen LogP contribution < -0.4 is 19.9 Å². The molecule has 0 fully saturated rings. The van der Waals surface area contributed by atoms with Gasteiger partial charge in [0.25, 0.3) is 0 Å². The number of anilines is 1. The Morgan fingerprint density at radius 2 is 2.05 bits per heavy atom. The molecule has 4 heteroatoms. The number of hydrogen-bond acceptors (Lipinski definition) is 4. The van der Waals surface area contributed by atoms with E-state index in [4.69, 9.17) is 19.9 Å². The zero-order valence-corrected chi connectivity index (χ0v) is 11.3. The van der Waals surface area contributed by atoms with Crippen LogP contribution in [0.5, 0.6) is 17.2 Å². The lowest BCUT2D eigenvalue weighted by Gasteiger charge is -2.14. The van der Waals surface area contributed by atoms with Crippen molar-refractivity contribution in [2.75, 3.05) is 19.5 Å². The number of nitrogen functional groups attached to an aromatic ring is 1. The molecule has 20 heavy (non-hydrogen) atoms. The average molecular weight is 271 g/mol. The molecular formula is C16H17NO3. The van der Waals surface area contributed by atoms with Crippen LogP contribution >= 0.6 is 0 Å². The monoisotopic (exact) mass is 271 g/mol. The van der Waals surface area contributed by atoms with Crippen LogP contribution in [0.3, 0.4) is 0 Å². The summed E-state index contributed by atoms with van der Waals surface area (Å²) in [4.78, 5) is 0. The first-order valence-corrected chi connectivity index (χ1v) is 6.57. The summed E-state index contributed by atoms with van der Waals surface area (Å²) < 4.78 is 16.9. The second-order valence-electron chi connectivity index (χ2n) is 4.77. The minimum absolute atomic E-state index is 0.0367. The summed E-state index contributed by atoms with van der Waals surface area (Å²) in [5.74, 6) is 2.27. The first-order valence-electron chi connectivity index (χ1n) is 6.57. The highest BCUT2D eigenvalue weighted by Gasteiger charge is 2.23. The Kier molecular flexibility index (Phi) is 3.37. The van der Waals surface area contributed by atoms with E-state index in [1.165, 1.54) is 5.56 Å². The van der Waals surface area contributed by atoms with E-state index >= 15 is 0 Å². The predicted octanol–water partition coefficient (Wildman–Crippen LogP) is 2.66. The molecule has 0 spiro atoms. The molecule has 0 bridgehead atoms. The van der Waals surface area contributed by atoms with Gasteiger partial charge in [-0.2, -0.15) is 0 Å². The predicted molar refractivity (Wildman–Crippen MR) is 77.5 cm³/mol. The van der Waals surface area contributed by atoms with Gasteiger partial charge in [0.1, 0.15) is 18.5 Å². The molecule has 0 saturated heterocycles. The van der Waals surface area contributed by atoms with Crippen LogP contribution in [-0.4, -0.2) is 19.8 Å². The van der Waals surface area contributed by atoms with Gasteiger partial charge in [-0.15, -0.1) is 0 Å². The van der Waals surface area contributed by atoms with Crippen LogP contribution in [0, 0.1) is 0 Å². The van der Waals surface area contributed by atoms with E-state index in [1.54, 1.807) is 19.2 Å². The smallest absolute Gasteiger partial charge is 0.162 e. The number of para-hydroxylation sites is 1. The summed E-state index contributed by atoms with van der Waals surface area (Å²) in [6.45, 7) is 0.481. The summed E-state index contributed by atoms with van der Waals surface area (Å²) in [5.41, 5.74) is 7.60. The highest BCUT2D eigenvalue weighted by Crippen LogP contribution is 2.31. The van der Waals surface area contributed by atoms with E-state index in [0.717, 1.165) is 12.2 Å². The van der Waals surface area contributed by atoms with E-state index in [-0.39, 0.29) is 6.10 Å². The molecule has 104 valence electrons. The summed E-state index contributed by atoms with van der Waals surface area (Å²) in [7, 11) is 1.60. The lowest BCUT2D eigenvalue weighted by Crippen LogP contribution is -2.22. The first kappa shape index (κ1) is 12.7. The summed E-state index contributed by atoms with van der Waals surface area (Å²) in [5, 5.41) is 0. The summed E-state index contributed by atoms with van der Waals surface area (Å²) >= 11 is 0. The molecule has 1 heterocycles. The standard InChI is InChI=1S/C16H17NO3/c1-18-16-9-12(17)6-7-15(16)19-10-13-8-11-4-2-3-5-14(11)20-13/h2-7,9,13H,8,10,17H2,1H3. The van der Waals surface area contributed by atoms with Gasteiger partial charge in [-0.25, -0.2) is 0 Å². The van der Waals surface area contributed by atoms with Gasteiger partial charge < -0.3 is 19.9 Å². The summed E-state index contributed by atoms with van der Waals surface area (Å²) in [6, 6.07) is 13.4. The van der Waals surface area contributed by atoms with E-state index in [0.29, 0.717) is 23.8 Å². The highest BCUT2D eigenvalue weighted by atomic mass is 16.5. The lowest BCUT2D eigenvalue weighted by molar-refractivity contribution is 0.146.